The van der Waals surface area contributed by atoms with Crippen LogP contribution in [0.15, 0.2) is 0 Å². The summed E-state index contributed by atoms with van der Waals surface area (Å²) in [4.78, 5) is 16.7. The van der Waals surface area contributed by atoms with E-state index in [0.717, 1.165) is 32.6 Å². The van der Waals surface area contributed by atoms with E-state index in [9.17, 15) is 4.79 Å². The fourth-order valence-corrected chi connectivity index (χ4v) is 2.65. The van der Waals surface area contributed by atoms with E-state index < -0.39 is 0 Å². The van der Waals surface area contributed by atoms with Gasteiger partial charge in [-0.05, 0) is 32.4 Å². The Labute approximate surface area is 104 Å². The maximum absolute atomic E-state index is 12.2. The van der Waals surface area contributed by atoms with Gasteiger partial charge in [0.15, 0.2) is 0 Å². The Balaban J connectivity index is 1.74. The monoisotopic (exact) mass is 239 g/mol. The normalized spacial score (nSPS) is 21.5. The van der Waals surface area contributed by atoms with E-state index in [-0.39, 0.29) is 0 Å². The first kappa shape index (κ1) is 12.8. The minimum atomic E-state index is 0.352. The van der Waals surface area contributed by atoms with E-state index in [1.165, 1.54) is 25.9 Å². The maximum Gasteiger partial charge on any atom is 0.224 e. The molecule has 0 aromatic rings. The van der Waals surface area contributed by atoms with E-state index in [1.807, 2.05) is 0 Å². The third-order valence-corrected chi connectivity index (χ3v) is 3.83. The van der Waals surface area contributed by atoms with E-state index in [0.29, 0.717) is 18.4 Å². The van der Waals surface area contributed by atoms with Gasteiger partial charge in [-0.15, -0.1) is 0 Å². The fourth-order valence-electron chi connectivity index (χ4n) is 2.65. The van der Waals surface area contributed by atoms with Crippen molar-refractivity contribution >= 4 is 5.91 Å². The average molecular weight is 239 g/mol. The summed E-state index contributed by atoms with van der Waals surface area (Å²) in [7, 11) is 0. The standard InChI is InChI=1S/C13H25N3O/c1-2-6-16(12-10-14-11-12)13(17)5-9-15-7-3-4-8-15/h12,14H,2-11H2,1H3. The van der Waals surface area contributed by atoms with E-state index in [4.69, 9.17) is 0 Å². The molecule has 0 radical (unpaired) electrons. The van der Waals surface area contributed by atoms with Crippen molar-refractivity contribution in [2.45, 2.75) is 38.6 Å². The molecule has 1 N–H and O–H groups in total. The van der Waals surface area contributed by atoms with Gasteiger partial charge >= 0.3 is 0 Å². The Hall–Kier alpha value is -0.610. The van der Waals surface area contributed by atoms with Crippen LogP contribution in [0.1, 0.15) is 32.6 Å². The third-order valence-electron chi connectivity index (χ3n) is 3.83. The molecule has 0 aliphatic carbocycles. The van der Waals surface area contributed by atoms with Crippen LogP contribution in [0, 0.1) is 0 Å². The van der Waals surface area contributed by atoms with E-state index >= 15 is 0 Å². The molecule has 98 valence electrons. The summed E-state index contributed by atoms with van der Waals surface area (Å²) in [5.41, 5.74) is 0. The van der Waals surface area contributed by atoms with Crippen LogP contribution in [-0.2, 0) is 4.79 Å². The SMILES string of the molecule is CCCN(C(=O)CCN1CCCC1)C1CNC1. The number of likely N-dealkylation sites (tertiary alicyclic amines) is 1. The predicted molar refractivity (Wildman–Crippen MR) is 69.0 cm³/mol. The van der Waals surface area contributed by atoms with Crippen molar-refractivity contribution in [3.05, 3.63) is 0 Å². The zero-order chi connectivity index (χ0) is 12.1. The number of hydrogen-bond donors (Lipinski definition) is 1. The van der Waals surface area contributed by atoms with Crippen molar-refractivity contribution in [3.8, 4) is 0 Å². The smallest absolute Gasteiger partial charge is 0.224 e. The molecule has 4 nitrogen and oxygen atoms in total. The predicted octanol–water partition coefficient (Wildman–Crippen LogP) is 0.683. The number of carbonyl (C=O) groups excluding carboxylic acids is 1. The summed E-state index contributed by atoms with van der Waals surface area (Å²) in [6.45, 7) is 8.36. The van der Waals surface area contributed by atoms with Crippen LogP contribution >= 0.6 is 0 Å². The summed E-state index contributed by atoms with van der Waals surface area (Å²) >= 11 is 0. The highest BCUT2D eigenvalue weighted by Gasteiger charge is 2.27. The molecule has 0 atom stereocenters. The van der Waals surface area contributed by atoms with Crippen LogP contribution in [0.25, 0.3) is 0 Å². The molecule has 0 unspecified atom stereocenters. The molecular formula is C13H25N3O. The Morgan fingerprint density at radius 2 is 2.06 bits per heavy atom. The first-order chi connectivity index (χ1) is 8.31. The van der Waals surface area contributed by atoms with Crippen LogP contribution in [0.4, 0.5) is 0 Å². The van der Waals surface area contributed by atoms with Crippen molar-refractivity contribution in [3.63, 3.8) is 0 Å². The molecule has 2 rings (SSSR count). The molecule has 0 aromatic carbocycles. The van der Waals surface area contributed by atoms with Crippen LogP contribution in [0.5, 0.6) is 0 Å². The van der Waals surface area contributed by atoms with Gasteiger partial charge in [0.2, 0.25) is 5.91 Å². The Kier molecular flexibility index (Phi) is 4.80. The molecule has 2 aliphatic heterocycles. The molecule has 2 heterocycles. The van der Waals surface area contributed by atoms with Gasteiger partial charge < -0.3 is 15.1 Å². The number of nitrogens with one attached hydrogen (secondary N) is 1. The molecule has 2 saturated heterocycles. The summed E-state index contributed by atoms with van der Waals surface area (Å²) in [6.07, 6.45) is 4.38. The quantitative estimate of drug-likeness (QED) is 0.740. The number of hydrogen-bond acceptors (Lipinski definition) is 3. The van der Waals surface area contributed by atoms with Gasteiger partial charge in [-0.1, -0.05) is 6.92 Å². The average Bonchev–Trinajstić information content (AvgIpc) is 2.75. The van der Waals surface area contributed by atoms with Crippen molar-refractivity contribution in [2.24, 2.45) is 0 Å². The minimum absolute atomic E-state index is 0.352. The summed E-state index contributed by atoms with van der Waals surface area (Å²) < 4.78 is 0. The fraction of sp³-hybridized carbons (Fsp3) is 0.923. The lowest BCUT2D eigenvalue weighted by atomic mass is 10.1. The van der Waals surface area contributed by atoms with E-state index in [1.54, 1.807) is 0 Å². The number of rotatable bonds is 6. The number of carbonyl (C=O) groups is 1. The lowest BCUT2D eigenvalue weighted by Gasteiger charge is -2.38. The summed E-state index contributed by atoms with van der Waals surface area (Å²) in [5, 5.41) is 3.25. The first-order valence-electron chi connectivity index (χ1n) is 7.04. The van der Waals surface area contributed by atoms with Gasteiger partial charge in [0.05, 0.1) is 6.04 Å². The van der Waals surface area contributed by atoms with Crippen LogP contribution < -0.4 is 5.32 Å². The molecule has 2 fully saturated rings. The Bertz CT molecular complexity index is 247. The first-order valence-corrected chi connectivity index (χ1v) is 7.04. The molecular weight excluding hydrogens is 214 g/mol. The highest BCUT2D eigenvalue weighted by atomic mass is 16.2. The Morgan fingerprint density at radius 3 is 2.59 bits per heavy atom. The maximum atomic E-state index is 12.2. The number of nitrogens with zero attached hydrogens (tertiary/aromatic N) is 2. The molecule has 0 bridgehead atoms. The second-order valence-electron chi connectivity index (χ2n) is 5.20. The third kappa shape index (κ3) is 3.42. The molecule has 1 amide bonds. The van der Waals surface area contributed by atoms with Gasteiger partial charge in [-0.3, -0.25) is 4.79 Å². The van der Waals surface area contributed by atoms with Crippen LogP contribution in [-0.4, -0.2) is 61.0 Å². The van der Waals surface area contributed by atoms with Crippen molar-refractivity contribution in [2.75, 3.05) is 39.3 Å². The molecule has 4 heteroatoms. The van der Waals surface area contributed by atoms with Gasteiger partial charge in [-0.25, -0.2) is 0 Å². The highest BCUT2D eigenvalue weighted by Crippen LogP contribution is 2.11. The lowest BCUT2D eigenvalue weighted by Crippen LogP contribution is -2.59. The minimum Gasteiger partial charge on any atom is -0.337 e. The zero-order valence-corrected chi connectivity index (χ0v) is 11.0. The van der Waals surface area contributed by atoms with Gasteiger partial charge in [0, 0.05) is 32.6 Å². The second-order valence-corrected chi connectivity index (χ2v) is 5.20. The van der Waals surface area contributed by atoms with Crippen molar-refractivity contribution in [1.29, 1.82) is 0 Å². The van der Waals surface area contributed by atoms with Gasteiger partial charge in [-0.2, -0.15) is 0 Å². The van der Waals surface area contributed by atoms with Crippen LogP contribution in [0.2, 0.25) is 0 Å². The molecule has 0 aromatic heterocycles. The molecule has 17 heavy (non-hydrogen) atoms. The van der Waals surface area contributed by atoms with Crippen molar-refractivity contribution in [1.82, 2.24) is 15.1 Å². The topological polar surface area (TPSA) is 35.6 Å². The summed E-state index contributed by atoms with van der Waals surface area (Å²) in [6, 6.07) is 0.459. The zero-order valence-electron chi connectivity index (χ0n) is 11.0. The Morgan fingerprint density at radius 1 is 1.35 bits per heavy atom. The van der Waals surface area contributed by atoms with Crippen molar-refractivity contribution < 1.29 is 4.79 Å². The molecule has 0 spiro atoms. The van der Waals surface area contributed by atoms with Gasteiger partial charge in [0.25, 0.3) is 0 Å². The largest absolute Gasteiger partial charge is 0.337 e. The lowest BCUT2D eigenvalue weighted by molar-refractivity contribution is -0.134. The summed E-state index contributed by atoms with van der Waals surface area (Å²) in [5.74, 6) is 0.352. The second kappa shape index (κ2) is 6.36. The van der Waals surface area contributed by atoms with Gasteiger partial charge in [0.1, 0.15) is 0 Å². The molecule has 2 aliphatic rings. The van der Waals surface area contributed by atoms with E-state index in [2.05, 4.69) is 22.0 Å². The number of amides is 1. The molecule has 0 saturated carbocycles. The van der Waals surface area contributed by atoms with Crippen LogP contribution in [0.3, 0.4) is 0 Å². The highest BCUT2D eigenvalue weighted by molar-refractivity contribution is 5.77.